The average Bonchev–Trinajstić information content (AvgIpc) is 3.06. The van der Waals surface area contributed by atoms with Crippen LogP contribution in [0.15, 0.2) is 30.3 Å². The van der Waals surface area contributed by atoms with E-state index in [2.05, 4.69) is 37.1 Å². The maximum absolute atomic E-state index is 13.1. The van der Waals surface area contributed by atoms with Crippen molar-refractivity contribution in [1.82, 2.24) is 15.5 Å². The minimum Gasteiger partial charge on any atom is -0.357 e. The second-order valence-electron chi connectivity index (χ2n) is 7.78. The van der Waals surface area contributed by atoms with Crippen molar-refractivity contribution < 1.29 is 14.4 Å². The molecule has 3 amide bonds. The molecule has 1 heterocycles. The number of benzene rings is 1. The van der Waals surface area contributed by atoms with Crippen LogP contribution in [0.4, 0.5) is 0 Å². The minimum atomic E-state index is -0.632. The molecule has 0 aromatic heterocycles. The number of amides is 3. The summed E-state index contributed by atoms with van der Waals surface area (Å²) in [6, 6.07) is 9.01. The van der Waals surface area contributed by atoms with Crippen LogP contribution in [0.25, 0.3) is 0 Å². The van der Waals surface area contributed by atoms with Gasteiger partial charge in [0.2, 0.25) is 18.2 Å². The third-order valence-electron chi connectivity index (χ3n) is 4.89. The van der Waals surface area contributed by atoms with Crippen LogP contribution >= 0.6 is 24.4 Å². The summed E-state index contributed by atoms with van der Waals surface area (Å²) in [5, 5.41) is 5.42. The van der Waals surface area contributed by atoms with Crippen LogP contribution < -0.4 is 10.6 Å². The number of nitrogens with zero attached hydrogens (tertiary/aromatic N) is 1. The van der Waals surface area contributed by atoms with E-state index in [1.54, 1.807) is 23.7 Å². The van der Waals surface area contributed by atoms with E-state index in [4.69, 9.17) is 0 Å². The number of likely N-dealkylation sites (N-methyl/N-ethyl adjacent to an activating group) is 1. The van der Waals surface area contributed by atoms with Crippen molar-refractivity contribution in [2.24, 2.45) is 5.92 Å². The summed E-state index contributed by atoms with van der Waals surface area (Å²) < 4.78 is 0. The molecule has 2 rings (SSSR count). The summed E-state index contributed by atoms with van der Waals surface area (Å²) in [5.74, 6) is -0.0262. The fourth-order valence-electron chi connectivity index (χ4n) is 3.37. The topological polar surface area (TPSA) is 78.5 Å². The maximum Gasteiger partial charge on any atom is 0.242 e. The molecule has 1 saturated heterocycles. The Bertz CT molecular complexity index is 687. The Balaban J connectivity index is 2.09. The predicted molar refractivity (Wildman–Crippen MR) is 121 cm³/mol. The lowest BCUT2D eigenvalue weighted by atomic mass is 10.0. The standard InChI is InChI=1S/C21H31N3O3S2/c1-14(2)9-18(29-19-12-24(13-25)11-17(19)28)21(27)23-16(20(26)22-3)10-15-7-5-4-6-8-15/h4-8,13-14,16-19,28H,9-12H2,1-3H3,(H,22,26)(H,23,27)/t16-,17?,18+,19?/m0/s1. The Morgan fingerprint density at radius 3 is 2.48 bits per heavy atom. The zero-order valence-electron chi connectivity index (χ0n) is 17.2. The van der Waals surface area contributed by atoms with E-state index < -0.39 is 6.04 Å². The maximum atomic E-state index is 13.1. The molecule has 0 bridgehead atoms. The second-order valence-corrected chi connectivity index (χ2v) is 9.89. The van der Waals surface area contributed by atoms with Crippen molar-refractivity contribution in [3.05, 3.63) is 35.9 Å². The molecule has 6 nitrogen and oxygen atoms in total. The first-order valence-corrected chi connectivity index (χ1v) is 11.4. The van der Waals surface area contributed by atoms with Gasteiger partial charge in [0, 0.05) is 37.1 Å². The molecule has 0 spiro atoms. The molecular formula is C21H31N3O3S2. The van der Waals surface area contributed by atoms with E-state index in [-0.39, 0.29) is 27.6 Å². The highest BCUT2D eigenvalue weighted by atomic mass is 32.2. The van der Waals surface area contributed by atoms with Crippen molar-refractivity contribution in [2.45, 2.75) is 48.5 Å². The number of nitrogens with one attached hydrogen (secondary N) is 2. The quantitative estimate of drug-likeness (QED) is 0.385. The summed E-state index contributed by atoms with van der Waals surface area (Å²) in [4.78, 5) is 38.3. The Labute approximate surface area is 183 Å². The summed E-state index contributed by atoms with van der Waals surface area (Å²) in [6.07, 6.45) is 1.96. The van der Waals surface area contributed by atoms with Gasteiger partial charge in [-0.25, -0.2) is 0 Å². The van der Waals surface area contributed by atoms with Crippen LogP contribution in [0, 0.1) is 5.92 Å². The Kier molecular flexibility index (Phi) is 9.36. The van der Waals surface area contributed by atoms with Gasteiger partial charge in [0.1, 0.15) is 6.04 Å². The van der Waals surface area contributed by atoms with E-state index >= 15 is 0 Å². The van der Waals surface area contributed by atoms with E-state index in [0.717, 1.165) is 12.0 Å². The van der Waals surface area contributed by atoms with Gasteiger partial charge in [0.15, 0.2) is 0 Å². The SMILES string of the molecule is CNC(=O)[C@H](Cc1ccccc1)NC(=O)[C@@H](CC(C)C)SC1CN(C=O)CC1S. The van der Waals surface area contributed by atoms with Crippen molar-refractivity contribution in [3.8, 4) is 0 Å². The summed E-state index contributed by atoms with van der Waals surface area (Å²) in [5.41, 5.74) is 0.988. The smallest absolute Gasteiger partial charge is 0.242 e. The van der Waals surface area contributed by atoms with Gasteiger partial charge in [-0.05, 0) is 17.9 Å². The van der Waals surface area contributed by atoms with Crippen LogP contribution in [-0.2, 0) is 20.8 Å². The van der Waals surface area contributed by atoms with Gasteiger partial charge >= 0.3 is 0 Å². The molecule has 2 N–H and O–H groups in total. The molecule has 0 saturated carbocycles. The number of thioether (sulfide) groups is 1. The first-order chi connectivity index (χ1) is 13.8. The Morgan fingerprint density at radius 1 is 1.24 bits per heavy atom. The van der Waals surface area contributed by atoms with E-state index in [9.17, 15) is 14.4 Å². The van der Waals surface area contributed by atoms with Crippen molar-refractivity contribution in [2.75, 3.05) is 20.1 Å². The van der Waals surface area contributed by atoms with Gasteiger partial charge in [0.25, 0.3) is 0 Å². The van der Waals surface area contributed by atoms with Gasteiger partial charge in [-0.3, -0.25) is 14.4 Å². The van der Waals surface area contributed by atoms with Gasteiger partial charge < -0.3 is 15.5 Å². The van der Waals surface area contributed by atoms with Crippen LogP contribution in [0.3, 0.4) is 0 Å². The average molecular weight is 438 g/mol. The third kappa shape index (κ3) is 7.26. The minimum absolute atomic E-state index is 0.0340. The molecule has 0 aliphatic carbocycles. The Hall–Kier alpha value is -1.67. The highest BCUT2D eigenvalue weighted by Crippen LogP contribution is 2.32. The zero-order chi connectivity index (χ0) is 21.4. The van der Waals surface area contributed by atoms with Gasteiger partial charge in [-0.1, -0.05) is 44.2 Å². The Morgan fingerprint density at radius 2 is 1.93 bits per heavy atom. The van der Waals surface area contributed by atoms with Crippen molar-refractivity contribution in [1.29, 1.82) is 0 Å². The zero-order valence-corrected chi connectivity index (χ0v) is 18.9. The molecule has 8 heteroatoms. The van der Waals surface area contributed by atoms with Crippen LogP contribution in [0.1, 0.15) is 25.8 Å². The first kappa shape index (κ1) is 23.6. The number of thiol groups is 1. The van der Waals surface area contributed by atoms with Gasteiger partial charge in [-0.2, -0.15) is 12.6 Å². The van der Waals surface area contributed by atoms with E-state index in [1.165, 1.54) is 0 Å². The lowest BCUT2D eigenvalue weighted by Gasteiger charge is -2.25. The van der Waals surface area contributed by atoms with Crippen molar-refractivity contribution >= 4 is 42.6 Å². The number of hydrogen-bond acceptors (Lipinski definition) is 5. The molecule has 0 radical (unpaired) electrons. The molecule has 4 atom stereocenters. The number of hydrogen-bond donors (Lipinski definition) is 3. The summed E-state index contributed by atoms with van der Waals surface area (Å²) >= 11 is 6.16. The molecule has 1 fully saturated rings. The molecule has 2 unspecified atom stereocenters. The molecule has 1 aromatic rings. The molecule has 29 heavy (non-hydrogen) atoms. The van der Waals surface area contributed by atoms with Gasteiger partial charge in [-0.15, -0.1) is 11.8 Å². The first-order valence-electron chi connectivity index (χ1n) is 9.92. The van der Waals surface area contributed by atoms with Crippen LogP contribution in [-0.4, -0.2) is 65.1 Å². The van der Waals surface area contributed by atoms with E-state index in [1.807, 2.05) is 30.3 Å². The number of carbonyl (C=O) groups is 3. The van der Waals surface area contributed by atoms with Crippen molar-refractivity contribution in [3.63, 3.8) is 0 Å². The predicted octanol–water partition coefficient (Wildman–Crippen LogP) is 1.75. The fraction of sp³-hybridized carbons (Fsp3) is 0.571. The molecule has 160 valence electrons. The largest absolute Gasteiger partial charge is 0.357 e. The third-order valence-corrected chi connectivity index (χ3v) is 7.18. The van der Waals surface area contributed by atoms with Gasteiger partial charge in [0.05, 0.1) is 5.25 Å². The molecule has 1 aromatic carbocycles. The lowest BCUT2D eigenvalue weighted by Crippen LogP contribution is -2.50. The monoisotopic (exact) mass is 437 g/mol. The molecule has 1 aliphatic heterocycles. The molecular weight excluding hydrogens is 406 g/mol. The second kappa shape index (κ2) is 11.5. The summed E-state index contributed by atoms with van der Waals surface area (Å²) in [7, 11) is 1.57. The van der Waals surface area contributed by atoms with Crippen LogP contribution in [0.5, 0.6) is 0 Å². The molecule has 1 aliphatic rings. The number of carbonyl (C=O) groups excluding carboxylic acids is 3. The van der Waals surface area contributed by atoms with Crippen LogP contribution in [0.2, 0.25) is 0 Å². The fourth-order valence-corrected chi connectivity index (χ4v) is 5.54. The van der Waals surface area contributed by atoms with E-state index in [0.29, 0.717) is 31.8 Å². The number of rotatable bonds is 10. The normalized spacial score (nSPS) is 20.9. The highest BCUT2D eigenvalue weighted by molar-refractivity contribution is 8.02. The lowest BCUT2D eigenvalue weighted by molar-refractivity contribution is -0.128. The summed E-state index contributed by atoms with van der Waals surface area (Å²) in [6.45, 7) is 5.33. The highest BCUT2D eigenvalue weighted by Gasteiger charge is 2.35. The number of likely N-dealkylation sites (tertiary alicyclic amines) is 1.